The van der Waals surface area contributed by atoms with Crippen molar-refractivity contribution in [3.05, 3.63) is 60.2 Å². The molecule has 0 atom stereocenters. The smallest absolute Gasteiger partial charge is 0.263 e. The molecule has 0 spiro atoms. The molecule has 1 aliphatic heterocycles. The number of carbonyl (C=O) groups is 1. The lowest BCUT2D eigenvalue weighted by Crippen LogP contribution is -2.33. The molecule has 1 N–H and O–H groups in total. The summed E-state index contributed by atoms with van der Waals surface area (Å²) >= 11 is 0. The van der Waals surface area contributed by atoms with E-state index in [4.69, 9.17) is 9.47 Å². The Balaban J connectivity index is 1.45. The van der Waals surface area contributed by atoms with Gasteiger partial charge in [0, 0.05) is 24.3 Å². The summed E-state index contributed by atoms with van der Waals surface area (Å²) in [6, 6.07) is 16.8. The molecule has 2 aromatic carbocycles. The van der Waals surface area contributed by atoms with Crippen LogP contribution in [0.2, 0.25) is 0 Å². The first-order valence-electron chi connectivity index (χ1n) is 10.8. The van der Waals surface area contributed by atoms with Crippen molar-refractivity contribution in [2.45, 2.75) is 19.8 Å². The maximum atomic E-state index is 12.8. The van der Waals surface area contributed by atoms with Crippen LogP contribution in [-0.2, 0) is 0 Å². The fourth-order valence-corrected chi connectivity index (χ4v) is 3.88. The number of hydrogen-bond acceptors (Lipinski definition) is 6. The predicted molar refractivity (Wildman–Crippen MR) is 126 cm³/mol. The van der Waals surface area contributed by atoms with E-state index in [1.54, 1.807) is 18.2 Å². The zero-order valence-corrected chi connectivity index (χ0v) is 18.7. The van der Waals surface area contributed by atoms with Gasteiger partial charge in [0.25, 0.3) is 5.91 Å². The van der Waals surface area contributed by atoms with Gasteiger partial charge >= 0.3 is 0 Å². The van der Waals surface area contributed by atoms with Crippen LogP contribution in [0.5, 0.6) is 11.5 Å². The number of hydrogen-bond donors (Lipinski definition) is 1. The second-order valence-electron chi connectivity index (χ2n) is 8.02. The lowest BCUT2D eigenvalue weighted by molar-refractivity contribution is 0.102. The summed E-state index contributed by atoms with van der Waals surface area (Å²) in [6.45, 7) is 4.35. The zero-order valence-electron chi connectivity index (χ0n) is 18.7. The number of carbonyl (C=O) groups excluding carboxylic acids is 1. The Kier molecular flexibility index (Phi) is 6.54. The van der Waals surface area contributed by atoms with Crippen LogP contribution in [0.3, 0.4) is 0 Å². The van der Waals surface area contributed by atoms with E-state index in [1.165, 1.54) is 27.1 Å². The molecular formula is C25H28N4O3. The standard InChI is InChI=1S/C25H28N4O3/c1-17-13-15-29(16-14-17)23-12-11-20(27-28-23)18-7-9-19(10-8-18)26-25(30)24-21(31-2)5-4-6-22(24)32-3/h4-12,17H,13-16H2,1-3H3,(H,26,30). The first kappa shape index (κ1) is 21.6. The maximum absolute atomic E-state index is 12.8. The van der Waals surface area contributed by atoms with Crippen molar-refractivity contribution in [1.29, 1.82) is 0 Å². The Morgan fingerprint density at radius 1 is 0.938 bits per heavy atom. The van der Waals surface area contributed by atoms with E-state index in [1.807, 2.05) is 36.4 Å². The minimum Gasteiger partial charge on any atom is -0.496 e. The second kappa shape index (κ2) is 9.68. The molecule has 166 valence electrons. The molecule has 0 aliphatic carbocycles. The van der Waals surface area contributed by atoms with Gasteiger partial charge in [-0.05, 0) is 55.2 Å². The van der Waals surface area contributed by atoms with Gasteiger partial charge < -0.3 is 19.7 Å². The molecule has 1 fully saturated rings. The zero-order chi connectivity index (χ0) is 22.5. The number of rotatable bonds is 6. The fraction of sp³-hybridized carbons (Fsp3) is 0.320. The van der Waals surface area contributed by atoms with Gasteiger partial charge in [-0.1, -0.05) is 25.1 Å². The molecule has 2 heterocycles. The van der Waals surface area contributed by atoms with Gasteiger partial charge in [-0.3, -0.25) is 4.79 Å². The highest BCUT2D eigenvalue weighted by Gasteiger charge is 2.19. The molecule has 4 rings (SSSR count). The highest BCUT2D eigenvalue weighted by atomic mass is 16.5. The summed E-state index contributed by atoms with van der Waals surface area (Å²) in [5, 5.41) is 11.7. The first-order valence-corrected chi connectivity index (χ1v) is 10.8. The molecule has 0 radical (unpaired) electrons. The molecule has 1 saturated heterocycles. The number of nitrogens with zero attached hydrogens (tertiary/aromatic N) is 3. The number of amides is 1. The van der Waals surface area contributed by atoms with Crippen molar-refractivity contribution in [2.24, 2.45) is 5.92 Å². The van der Waals surface area contributed by atoms with Crippen LogP contribution in [-0.4, -0.2) is 43.4 Å². The van der Waals surface area contributed by atoms with Crippen LogP contribution in [0.1, 0.15) is 30.1 Å². The third-order valence-corrected chi connectivity index (χ3v) is 5.85. The third-order valence-electron chi connectivity index (χ3n) is 5.85. The van der Waals surface area contributed by atoms with E-state index in [-0.39, 0.29) is 5.91 Å². The number of anilines is 2. The molecule has 1 aromatic heterocycles. The Bertz CT molecular complexity index is 1040. The lowest BCUT2D eigenvalue weighted by Gasteiger charge is -2.30. The van der Waals surface area contributed by atoms with Crippen LogP contribution < -0.4 is 19.7 Å². The van der Waals surface area contributed by atoms with Gasteiger partial charge in [0.1, 0.15) is 17.1 Å². The van der Waals surface area contributed by atoms with Crippen LogP contribution in [0.25, 0.3) is 11.3 Å². The average Bonchev–Trinajstić information content (AvgIpc) is 2.84. The Morgan fingerprint density at radius 2 is 1.59 bits per heavy atom. The van der Waals surface area contributed by atoms with Gasteiger partial charge in [-0.25, -0.2) is 0 Å². The van der Waals surface area contributed by atoms with Crippen molar-refractivity contribution in [3.63, 3.8) is 0 Å². The van der Waals surface area contributed by atoms with Gasteiger partial charge in [0.15, 0.2) is 5.82 Å². The molecule has 7 heteroatoms. The number of aromatic nitrogens is 2. The highest BCUT2D eigenvalue weighted by Crippen LogP contribution is 2.29. The second-order valence-corrected chi connectivity index (χ2v) is 8.02. The summed E-state index contributed by atoms with van der Waals surface area (Å²) in [4.78, 5) is 15.1. The number of nitrogens with one attached hydrogen (secondary N) is 1. The molecule has 0 saturated carbocycles. The summed E-state index contributed by atoms with van der Waals surface area (Å²) in [6.07, 6.45) is 2.38. The van der Waals surface area contributed by atoms with E-state index in [0.29, 0.717) is 22.7 Å². The van der Waals surface area contributed by atoms with E-state index in [9.17, 15) is 4.79 Å². The Morgan fingerprint density at radius 3 is 2.16 bits per heavy atom. The van der Waals surface area contributed by atoms with E-state index >= 15 is 0 Å². The van der Waals surface area contributed by atoms with E-state index in [2.05, 4.69) is 27.3 Å². The Hall–Kier alpha value is -3.61. The van der Waals surface area contributed by atoms with Crippen molar-refractivity contribution < 1.29 is 14.3 Å². The monoisotopic (exact) mass is 432 g/mol. The lowest BCUT2D eigenvalue weighted by atomic mass is 9.99. The van der Waals surface area contributed by atoms with Crippen LogP contribution in [0.15, 0.2) is 54.6 Å². The van der Waals surface area contributed by atoms with Crippen LogP contribution >= 0.6 is 0 Å². The molecule has 0 bridgehead atoms. The number of methoxy groups -OCH3 is 2. The quantitative estimate of drug-likeness (QED) is 0.611. The SMILES string of the molecule is COc1cccc(OC)c1C(=O)Nc1ccc(-c2ccc(N3CCC(C)CC3)nn2)cc1. The summed E-state index contributed by atoms with van der Waals surface area (Å²) in [5.74, 6) is 2.32. The maximum Gasteiger partial charge on any atom is 0.263 e. The van der Waals surface area contributed by atoms with Crippen LogP contribution in [0.4, 0.5) is 11.5 Å². The van der Waals surface area contributed by atoms with Crippen molar-refractivity contribution in [2.75, 3.05) is 37.5 Å². The molecule has 0 unspecified atom stereocenters. The topological polar surface area (TPSA) is 76.6 Å². The normalized spacial score (nSPS) is 14.2. The van der Waals surface area contributed by atoms with E-state index in [0.717, 1.165) is 36.1 Å². The van der Waals surface area contributed by atoms with Gasteiger partial charge in [0.2, 0.25) is 0 Å². The van der Waals surface area contributed by atoms with Crippen LogP contribution in [0, 0.1) is 5.92 Å². The average molecular weight is 433 g/mol. The first-order chi connectivity index (χ1) is 15.6. The van der Waals surface area contributed by atoms with E-state index < -0.39 is 0 Å². The molecule has 1 amide bonds. The minimum atomic E-state index is -0.299. The van der Waals surface area contributed by atoms with Crippen molar-refractivity contribution in [1.82, 2.24) is 10.2 Å². The summed E-state index contributed by atoms with van der Waals surface area (Å²) < 4.78 is 10.6. The van der Waals surface area contributed by atoms with Gasteiger partial charge in [-0.15, -0.1) is 10.2 Å². The summed E-state index contributed by atoms with van der Waals surface area (Å²) in [7, 11) is 3.05. The molecule has 32 heavy (non-hydrogen) atoms. The fourth-order valence-electron chi connectivity index (χ4n) is 3.88. The molecule has 3 aromatic rings. The largest absolute Gasteiger partial charge is 0.496 e. The summed E-state index contributed by atoms with van der Waals surface area (Å²) in [5.41, 5.74) is 2.75. The molecule has 1 aliphatic rings. The third kappa shape index (κ3) is 4.66. The molecular weight excluding hydrogens is 404 g/mol. The minimum absolute atomic E-state index is 0.299. The predicted octanol–water partition coefficient (Wildman–Crippen LogP) is 4.65. The van der Waals surface area contributed by atoms with Gasteiger partial charge in [0.05, 0.1) is 19.9 Å². The Labute approximate surface area is 188 Å². The number of piperidine rings is 1. The van der Waals surface area contributed by atoms with Crippen molar-refractivity contribution in [3.8, 4) is 22.8 Å². The van der Waals surface area contributed by atoms with Gasteiger partial charge in [-0.2, -0.15) is 0 Å². The number of benzene rings is 2. The van der Waals surface area contributed by atoms with Crippen molar-refractivity contribution >= 4 is 17.4 Å². The molecule has 7 nitrogen and oxygen atoms in total. The highest BCUT2D eigenvalue weighted by molar-refractivity contribution is 6.08. The number of ether oxygens (including phenoxy) is 2.